The van der Waals surface area contributed by atoms with Crippen LogP contribution in [0.2, 0.25) is 0 Å². The van der Waals surface area contributed by atoms with Gasteiger partial charge in [-0.3, -0.25) is 0 Å². The van der Waals surface area contributed by atoms with E-state index in [1.165, 1.54) is 18.2 Å². The van der Waals surface area contributed by atoms with Gasteiger partial charge in [0.2, 0.25) is 0 Å². The summed E-state index contributed by atoms with van der Waals surface area (Å²) in [7, 11) is -3.32. The lowest BCUT2D eigenvalue weighted by molar-refractivity contribution is 0.594. The topological polar surface area (TPSA) is 60.2 Å². The Balaban J connectivity index is 2.10. The van der Waals surface area contributed by atoms with Gasteiger partial charge in [0, 0.05) is 6.54 Å². The second-order valence-corrected chi connectivity index (χ2v) is 6.75. The zero-order chi connectivity index (χ0) is 14.6. The van der Waals surface area contributed by atoms with Gasteiger partial charge in [0.05, 0.1) is 11.5 Å². The fourth-order valence-electron chi connectivity index (χ4n) is 1.96. The van der Waals surface area contributed by atoms with E-state index in [1.807, 2.05) is 12.1 Å². The number of nitrogens with two attached hydrogens (primary N) is 1. The van der Waals surface area contributed by atoms with E-state index in [0.717, 1.165) is 5.56 Å². The van der Waals surface area contributed by atoms with E-state index in [-0.39, 0.29) is 11.5 Å². The molecule has 2 aromatic rings. The summed E-state index contributed by atoms with van der Waals surface area (Å²) in [6.07, 6.45) is 0. The number of rotatable bonds is 5. The van der Waals surface area contributed by atoms with Crippen molar-refractivity contribution in [2.45, 2.75) is 18.1 Å². The molecule has 0 spiro atoms. The Morgan fingerprint density at radius 1 is 0.900 bits per heavy atom. The van der Waals surface area contributed by atoms with E-state index in [4.69, 9.17) is 5.73 Å². The fraction of sp³-hybridized carbons (Fsp3) is 0.200. The predicted octanol–water partition coefficient (Wildman–Crippen LogP) is 2.40. The van der Waals surface area contributed by atoms with E-state index in [2.05, 4.69) is 0 Å². The minimum Gasteiger partial charge on any atom is -0.326 e. The summed E-state index contributed by atoms with van der Waals surface area (Å²) in [5.41, 5.74) is 7.61. The van der Waals surface area contributed by atoms with Gasteiger partial charge in [0.1, 0.15) is 5.82 Å². The first kappa shape index (κ1) is 14.7. The molecule has 0 heterocycles. The Kier molecular flexibility index (Phi) is 4.52. The number of sulfone groups is 1. The Morgan fingerprint density at radius 3 is 2.10 bits per heavy atom. The number of benzene rings is 2. The van der Waals surface area contributed by atoms with Crippen LogP contribution in [0.4, 0.5) is 4.39 Å². The molecule has 0 aliphatic heterocycles. The van der Waals surface area contributed by atoms with Crippen molar-refractivity contribution >= 4 is 9.84 Å². The lowest BCUT2D eigenvalue weighted by Crippen LogP contribution is -2.08. The molecular formula is C15H16FNO2S. The van der Waals surface area contributed by atoms with Gasteiger partial charge in [0.15, 0.2) is 9.84 Å². The quantitative estimate of drug-likeness (QED) is 0.921. The van der Waals surface area contributed by atoms with Crippen molar-refractivity contribution < 1.29 is 12.8 Å². The summed E-state index contributed by atoms with van der Waals surface area (Å²) in [4.78, 5) is 0. The van der Waals surface area contributed by atoms with Gasteiger partial charge >= 0.3 is 0 Å². The predicted molar refractivity (Wildman–Crippen MR) is 77.1 cm³/mol. The van der Waals surface area contributed by atoms with Crippen LogP contribution in [-0.4, -0.2) is 8.42 Å². The third kappa shape index (κ3) is 4.15. The number of hydrogen-bond donors (Lipinski definition) is 1. The highest BCUT2D eigenvalue weighted by Gasteiger charge is 2.13. The van der Waals surface area contributed by atoms with Crippen LogP contribution in [0.25, 0.3) is 0 Å². The van der Waals surface area contributed by atoms with Crippen LogP contribution in [0.15, 0.2) is 48.5 Å². The van der Waals surface area contributed by atoms with Crippen LogP contribution >= 0.6 is 0 Å². The van der Waals surface area contributed by atoms with Crippen molar-refractivity contribution in [2.24, 2.45) is 5.73 Å². The Hall–Kier alpha value is -1.72. The Labute approximate surface area is 118 Å². The molecule has 2 aromatic carbocycles. The molecule has 0 saturated heterocycles. The molecule has 0 saturated carbocycles. The first-order valence-electron chi connectivity index (χ1n) is 6.21. The first-order chi connectivity index (χ1) is 9.48. The zero-order valence-corrected chi connectivity index (χ0v) is 11.7. The van der Waals surface area contributed by atoms with Gasteiger partial charge in [-0.1, -0.05) is 36.4 Å². The van der Waals surface area contributed by atoms with Crippen LogP contribution in [0, 0.1) is 5.82 Å². The highest BCUT2D eigenvalue weighted by atomic mass is 32.2. The molecule has 20 heavy (non-hydrogen) atoms. The summed E-state index contributed by atoms with van der Waals surface area (Å²) in [5, 5.41) is 0. The Bertz CT molecular complexity index is 681. The number of hydrogen-bond acceptors (Lipinski definition) is 3. The van der Waals surface area contributed by atoms with Gasteiger partial charge in [-0.05, 0) is 28.8 Å². The van der Waals surface area contributed by atoms with Gasteiger partial charge in [-0.2, -0.15) is 0 Å². The van der Waals surface area contributed by atoms with Gasteiger partial charge in [0.25, 0.3) is 0 Å². The van der Waals surface area contributed by atoms with Crippen LogP contribution in [-0.2, 0) is 27.9 Å². The summed E-state index contributed by atoms with van der Waals surface area (Å²) >= 11 is 0. The summed E-state index contributed by atoms with van der Waals surface area (Å²) in [6.45, 7) is 0.427. The van der Waals surface area contributed by atoms with Crippen molar-refractivity contribution in [1.29, 1.82) is 0 Å². The van der Waals surface area contributed by atoms with Crippen molar-refractivity contribution in [1.82, 2.24) is 0 Å². The van der Waals surface area contributed by atoms with Crippen LogP contribution in [0.1, 0.15) is 16.7 Å². The molecule has 106 valence electrons. The molecule has 0 radical (unpaired) electrons. The molecule has 5 heteroatoms. The first-order valence-corrected chi connectivity index (χ1v) is 8.03. The van der Waals surface area contributed by atoms with E-state index in [9.17, 15) is 12.8 Å². The van der Waals surface area contributed by atoms with Crippen LogP contribution < -0.4 is 5.73 Å². The van der Waals surface area contributed by atoms with Crippen LogP contribution in [0.3, 0.4) is 0 Å². The summed E-state index contributed by atoms with van der Waals surface area (Å²) in [5.74, 6) is -0.650. The highest BCUT2D eigenvalue weighted by molar-refractivity contribution is 7.89. The lowest BCUT2D eigenvalue weighted by Gasteiger charge is -2.06. The SMILES string of the molecule is NCc1ccc(CS(=O)(=O)Cc2cccc(F)c2)cc1. The molecule has 3 nitrogen and oxygen atoms in total. The maximum Gasteiger partial charge on any atom is 0.158 e. The molecule has 0 unspecified atom stereocenters. The molecule has 0 amide bonds. The lowest BCUT2D eigenvalue weighted by atomic mass is 10.1. The Morgan fingerprint density at radius 2 is 1.50 bits per heavy atom. The number of halogens is 1. The molecule has 2 N–H and O–H groups in total. The van der Waals surface area contributed by atoms with E-state index in [1.54, 1.807) is 18.2 Å². The molecular weight excluding hydrogens is 277 g/mol. The van der Waals surface area contributed by atoms with E-state index >= 15 is 0 Å². The van der Waals surface area contributed by atoms with E-state index in [0.29, 0.717) is 17.7 Å². The van der Waals surface area contributed by atoms with Gasteiger partial charge in [-0.15, -0.1) is 0 Å². The summed E-state index contributed by atoms with van der Waals surface area (Å²) < 4.78 is 37.2. The average Bonchev–Trinajstić information content (AvgIpc) is 2.38. The molecule has 0 fully saturated rings. The third-order valence-corrected chi connectivity index (χ3v) is 4.47. The van der Waals surface area contributed by atoms with Crippen molar-refractivity contribution in [3.05, 3.63) is 71.0 Å². The van der Waals surface area contributed by atoms with Crippen molar-refractivity contribution in [3.63, 3.8) is 0 Å². The van der Waals surface area contributed by atoms with Crippen LogP contribution in [0.5, 0.6) is 0 Å². The minimum absolute atomic E-state index is 0.0611. The molecule has 0 aliphatic rings. The highest BCUT2D eigenvalue weighted by Crippen LogP contribution is 2.14. The maximum atomic E-state index is 13.0. The largest absolute Gasteiger partial charge is 0.326 e. The zero-order valence-electron chi connectivity index (χ0n) is 10.9. The van der Waals surface area contributed by atoms with E-state index < -0.39 is 15.7 Å². The minimum atomic E-state index is -3.32. The monoisotopic (exact) mass is 293 g/mol. The molecule has 0 aromatic heterocycles. The molecule has 0 atom stereocenters. The second-order valence-electron chi connectivity index (χ2n) is 4.68. The maximum absolute atomic E-state index is 13.0. The molecule has 0 aliphatic carbocycles. The van der Waals surface area contributed by atoms with Gasteiger partial charge < -0.3 is 5.73 Å². The van der Waals surface area contributed by atoms with Gasteiger partial charge in [-0.25, -0.2) is 12.8 Å². The van der Waals surface area contributed by atoms with Crippen molar-refractivity contribution in [3.8, 4) is 0 Å². The standard InChI is InChI=1S/C15H16FNO2S/c16-15-3-1-2-14(8-15)11-20(18,19)10-13-6-4-12(9-17)5-7-13/h1-8H,9-11,17H2. The van der Waals surface area contributed by atoms with Crippen molar-refractivity contribution in [2.75, 3.05) is 0 Å². The average molecular weight is 293 g/mol. The third-order valence-electron chi connectivity index (χ3n) is 2.92. The molecule has 2 rings (SSSR count). The summed E-state index contributed by atoms with van der Waals surface area (Å²) in [6, 6.07) is 12.8. The molecule has 0 bridgehead atoms. The smallest absolute Gasteiger partial charge is 0.158 e. The fourth-order valence-corrected chi connectivity index (χ4v) is 3.45. The normalized spacial score (nSPS) is 11.5. The second kappa shape index (κ2) is 6.15.